The van der Waals surface area contributed by atoms with Gasteiger partial charge in [0, 0.05) is 48.2 Å². The van der Waals surface area contributed by atoms with Crippen LogP contribution in [0.15, 0.2) is 36.7 Å². The second-order valence-corrected chi connectivity index (χ2v) is 7.80. The van der Waals surface area contributed by atoms with Gasteiger partial charge in [-0.25, -0.2) is 8.42 Å². The minimum Gasteiger partial charge on any atom is -0.368 e. The molecule has 5 heteroatoms. The molecule has 2 aromatic rings. The molecule has 3 rings (SSSR count). The van der Waals surface area contributed by atoms with Gasteiger partial charge in [0.25, 0.3) is 0 Å². The van der Waals surface area contributed by atoms with Crippen LogP contribution in [0.3, 0.4) is 0 Å². The van der Waals surface area contributed by atoms with Crippen LogP contribution in [-0.2, 0) is 9.84 Å². The van der Waals surface area contributed by atoms with E-state index in [1.807, 2.05) is 18.3 Å². The molecule has 0 unspecified atom stereocenters. The summed E-state index contributed by atoms with van der Waals surface area (Å²) >= 11 is 0. The summed E-state index contributed by atoms with van der Waals surface area (Å²) in [4.78, 5) is 6.46. The minimum absolute atomic E-state index is 0.219. The molecular weight excluding hydrogens is 272 g/mol. The first kappa shape index (κ1) is 13.4. The van der Waals surface area contributed by atoms with Crippen molar-refractivity contribution in [1.29, 1.82) is 0 Å². The highest BCUT2D eigenvalue weighted by Crippen LogP contribution is 2.35. The molecule has 0 saturated carbocycles. The van der Waals surface area contributed by atoms with E-state index in [1.165, 1.54) is 6.26 Å². The predicted octanol–water partition coefficient (Wildman–Crippen LogP) is 2.10. The molecule has 1 aromatic heterocycles. The number of rotatable bonds is 3. The number of benzene rings is 1. The third-order valence-corrected chi connectivity index (χ3v) is 5.13. The second kappa shape index (κ2) is 4.74. The maximum Gasteiger partial charge on any atom is 0.147 e. The standard InChI is InChI=1S/C15H18N2O2S/c1-11-13(10-20(2,18)19)9-17(11)15-5-3-4-12-6-7-16-8-14(12)15/h3-8,11,13H,9-10H2,1-2H3/t11-,13-/m1/s1. The van der Waals surface area contributed by atoms with Crippen molar-refractivity contribution in [3.63, 3.8) is 0 Å². The molecule has 1 aliphatic rings. The average molecular weight is 290 g/mol. The van der Waals surface area contributed by atoms with Gasteiger partial charge < -0.3 is 4.90 Å². The lowest BCUT2D eigenvalue weighted by Gasteiger charge is -2.48. The van der Waals surface area contributed by atoms with Gasteiger partial charge in [-0.05, 0) is 24.4 Å². The van der Waals surface area contributed by atoms with E-state index in [0.29, 0.717) is 0 Å². The minimum atomic E-state index is -2.90. The third-order valence-electron chi connectivity index (χ3n) is 4.09. The molecule has 0 aliphatic carbocycles. The van der Waals surface area contributed by atoms with Crippen molar-refractivity contribution in [3.05, 3.63) is 36.7 Å². The van der Waals surface area contributed by atoms with Crippen molar-refractivity contribution < 1.29 is 8.42 Å². The Balaban J connectivity index is 1.88. The first-order valence-corrected chi connectivity index (χ1v) is 8.79. The number of pyridine rings is 1. The molecule has 0 bridgehead atoms. The van der Waals surface area contributed by atoms with Gasteiger partial charge in [0.15, 0.2) is 0 Å². The SMILES string of the molecule is C[C@@H]1[C@@H](CS(C)(=O)=O)CN1c1cccc2ccncc12. The number of anilines is 1. The van der Waals surface area contributed by atoms with Crippen LogP contribution in [-0.4, -0.2) is 38.0 Å². The summed E-state index contributed by atoms with van der Waals surface area (Å²) in [6, 6.07) is 8.43. The molecule has 0 spiro atoms. The van der Waals surface area contributed by atoms with Crippen LogP contribution in [0.2, 0.25) is 0 Å². The fourth-order valence-corrected chi connectivity index (χ4v) is 4.10. The predicted molar refractivity (Wildman–Crippen MR) is 81.8 cm³/mol. The van der Waals surface area contributed by atoms with Crippen LogP contribution in [0.25, 0.3) is 10.8 Å². The van der Waals surface area contributed by atoms with E-state index in [4.69, 9.17) is 0 Å². The van der Waals surface area contributed by atoms with Crippen LogP contribution in [0.4, 0.5) is 5.69 Å². The number of aromatic nitrogens is 1. The number of hydrogen-bond acceptors (Lipinski definition) is 4. The molecule has 1 saturated heterocycles. The zero-order valence-corrected chi connectivity index (χ0v) is 12.5. The molecule has 0 radical (unpaired) electrons. The monoisotopic (exact) mass is 290 g/mol. The normalized spacial score (nSPS) is 22.8. The molecule has 1 aromatic carbocycles. The Morgan fingerprint density at radius 1 is 1.35 bits per heavy atom. The van der Waals surface area contributed by atoms with E-state index in [9.17, 15) is 8.42 Å². The largest absolute Gasteiger partial charge is 0.368 e. The van der Waals surface area contributed by atoms with Gasteiger partial charge in [-0.3, -0.25) is 4.98 Å². The van der Waals surface area contributed by atoms with Gasteiger partial charge in [-0.1, -0.05) is 12.1 Å². The molecular formula is C15H18N2O2S. The van der Waals surface area contributed by atoms with E-state index >= 15 is 0 Å². The Labute approximate surface area is 119 Å². The first-order chi connectivity index (χ1) is 9.46. The zero-order chi connectivity index (χ0) is 14.3. The van der Waals surface area contributed by atoms with E-state index in [1.54, 1.807) is 6.20 Å². The first-order valence-electron chi connectivity index (χ1n) is 6.73. The summed E-state index contributed by atoms with van der Waals surface area (Å²) in [5, 5.41) is 2.29. The Morgan fingerprint density at radius 2 is 2.15 bits per heavy atom. The Bertz CT molecular complexity index is 737. The van der Waals surface area contributed by atoms with Crippen LogP contribution < -0.4 is 4.90 Å². The smallest absolute Gasteiger partial charge is 0.147 e. The summed E-state index contributed by atoms with van der Waals surface area (Å²) in [6.07, 6.45) is 4.98. The van der Waals surface area contributed by atoms with Crippen molar-refractivity contribution >= 4 is 26.3 Å². The van der Waals surface area contributed by atoms with Crippen molar-refractivity contribution in [3.8, 4) is 0 Å². The fourth-order valence-electron chi connectivity index (χ4n) is 2.93. The molecule has 1 aliphatic heterocycles. The third kappa shape index (κ3) is 2.38. The number of fused-ring (bicyclic) bond motifs is 1. The van der Waals surface area contributed by atoms with Crippen LogP contribution in [0.1, 0.15) is 6.92 Å². The van der Waals surface area contributed by atoms with Crippen LogP contribution in [0, 0.1) is 5.92 Å². The summed E-state index contributed by atoms with van der Waals surface area (Å²) in [5.41, 5.74) is 1.15. The summed E-state index contributed by atoms with van der Waals surface area (Å²) in [5.74, 6) is 0.491. The van der Waals surface area contributed by atoms with Crippen molar-refractivity contribution in [2.45, 2.75) is 13.0 Å². The molecule has 4 nitrogen and oxygen atoms in total. The molecule has 20 heavy (non-hydrogen) atoms. The quantitative estimate of drug-likeness (QED) is 0.868. The highest BCUT2D eigenvalue weighted by atomic mass is 32.2. The molecule has 106 valence electrons. The van der Waals surface area contributed by atoms with Crippen LogP contribution in [0.5, 0.6) is 0 Å². The molecule has 2 atom stereocenters. The Kier molecular flexibility index (Phi) is 3.17. The number of sulfone groups is 1. The van der Waals surface area contributed by atoms with E-state index in [0.717, 1.165) is 23.0 Å². The lowest BCUT2D eigenvalue weighted by atomic mass is 9.90. The molecule has 1 fully saturated rings. The average Bonchev–Trinajstić information content (AvgIpc) is 2.41. The lowest BCUT2D eigenvalue weighted by Crippen LogP contribution is -2.57. The highest BCUT2D eigenvalue weighted by molar-refractivity contribution is 7.90. The van der Waals surface area contributed by atoms with Gasteiger partial charge in [-0.2, -0.15) is 0 Å². The van der Waals surface area contributed by atoms with E-state index < -0.39 is 9.84 Å². The lowest BCUT2D eigenvalue weighted by molar-refractivity contribution is 0.342. The van der Waals surface area contributed by atoms with Gasteiger partial charge in [-0.15, -0.1) is 0 Å². The van der Waals surface area contributed by atoms with Gasteiger partial charge in [0.2, 0.25) is 0 Å². The molecule has 0 amide bonds. The fraction of sp³-hybridized carbons (Fsp3) is 0.400. The van der Waals surface area contributed by atoms with Gasteiger partial charge in [0.1, 0.15) is 9.84 Å². The maximum atomic E-state index is 11.4. The Hall–Kier alpha value is -1.62. The molecule has 0 N–H and O–H groups in total. The number of hydrogen-bond donors (Lipinski definition) is 0. The van der Waals surface area contributed by atoms with Crippen molar-refractivity contribution in [1.82, 2.24) is 4.98 Å². The molecule has 2 heterocycles. The summed E-state index contributed by atoms with van der Waals surface area (Å²) in [6.45, 7) is 2.89. The maximum absolute atomic E-state index is 11.4. The van der Waals surface area contributed by atoms with Crippen molar-refractivity contribution in [2.24, 2.45) is 5.92 Å². The number of nitrogens with zero attached hydrogens (tertiary/aromatic N) is 2. The van der Waals surface area contributed by atoms with Crippen LogP contribution >= 0.6 is 0 Å². The van der Waals surface area contributed by atoms with Gasteiger partial charge >= 0.3 is 0 Å². The topological polar surface area (TPSA) is 50.3 Å². The van der Waals surface area contributed by atoms with E-state index in [-0.39, 0.29) is 17.7 Å². The van der Waals surface area contributed by atoms with E-state index in [2.05, 4.69) is 28.9 Å². The second-order valence-electron chi connectivity index (χ2n) is 5.62. The van der Waals surface area contributed by atoms with Crippen molar-refractivity contribution in [2.75, 3.05) is 23.5 Å². The summed E-state index contributed by atoms with van der Waals surface area (Å²) in [7, 11) is -2.90. The van der Waals surface area contributed by atoms with Gasteiger partial charge in [0.05, 0.1) is 5.75 Å². The summed E-state index contributed by atoms with van der Waals surface area (Å²) < 4.78 is 22.8. The Morgan fingerprint density at radius 3 is 2.85 bits per heavy atom. The highest BCUT2D eigenvalue weighted by Gasteiger charge is 2.37. The zero-order valence-electron chi connectivity index (χ0n) is 11.7.